The highest BCUT2D eigenvalue weighted by atomic mass is 32.2. The zero-order chi connectivity index (χ0) is 51.5. The van der Waals surface area contributed by atoms with E-state index in [2.05, 4.69) is 5.32 Å². The third kappa shape index (κ3) is 12.5. The van der Waals surface area contributed by atoms with Crippen molar-refractivity contribution in [3.63, 3.8) is 0 Å². The van der Waals surface area contributed by atoms with Crippen molar-refractivity contribution in [2.24, 2.45) is 0 Å². The lowest BCUT2D eigenvalue weighted by molar-refractivity contribution is -0.439. The minimum atomic E-state index is -8.12. The first-order chi connectivity index (χ1) is 30.6. The number of thioether (sulfide) groups is 1. The van der Waals surface area contributed by atoms with Crippen molar-refractivity contribution in [2.45, 2.75) is 146 Å². The van der Waals surface area contributed by atoms with E-state index >= 15 is 0 Å². The number of nitrogens with one attached hydrogen (secondary N) is 1. The van der Waals surface area contributed by atoms with Crippen molar-refractivity contribution in [2.75, 3.05) is 51.1 Å². The third-order valence-electron chi connectivity index (χ3n) is 10.6. The van der Waals surface area contributed by atoms with Gasteiger partial charge in [-0.3, -0.25) is 4.79 Å². The molecular formula is C33H48F13NO19S. The van der Waals surface area contributed by atoms with E-state index in [1.54, 1.807) is 0 Å². The summed E-state index contributed by atoms with van der Waals surface area (Å²) in [5.41, 5.74) is -2.50. The molecule has 1 amide bonds. The zero-order valence-electron chi connectivity index (χ0n) is 33.8. The molecule has 0 unspecified atom stereocenters. The zero-order valence-corrected chi connectivity index (χ0v) is 34.6. The molecule has 3 saturated heterocycles. The van der Waals surface area contributed by atoms with Gasteiger partial charge in [0.2, 0.25) is 5.91 Å². The summed E-state index contributed by atoms with van der Waals surface area (Å²) in [5, 5.41) is 124. The van der Waals surface area contributed by atoms with Crippen LogP contribution < -0.4 is 5.32 Å². The summed E-state index contributed by atoms with van der Waals surface area (Å²) in [6.45, 7) is -6.60. The van der Waals surface area contributed by atoms with E-state index in [4.69, 9.17) is 28.4 Å². The topological polar surface area (TPSA) is 327 Å². The first-order valence-corrected chi connectivity index (χ1v) is 20.4. The van der Waals surface area contributed by atoms with Gasteiger partial charge in [0.25, 0.3) is 0 Å². The lowest BCUT2D eigenvalue weighted by Crippen LogP contribution is -2.70. The molecule has 3 aliphatic heterocycles. The van der Waals surface area contributed by atoms with Gasteiger partial charge in [-0.15, -0.1) is 0 Å². The Labute approximate surface area is 372 Å². The number of ether oxygens (including phenoxy) is 6. The SMILES string of the molecule is O=C(CCSCCC(F)(F)C(F)(F)C(F)(F)C(F)(F)C(F)(F)C(F)(F)F)NC(CO[C@@H]1O[C@H](CO)[C@@H](O)[C@H](O)[C@H]1O)(CO[C@@H]1O[C@H](CO)[C@@H](O)[C@H](O)[C@H]1O)CO[C@@H]1O[C@H](CO)[C@@H](O)[C@H](O)[C@H]1O. The molecule has 15 atom stereocenters. The van der Waals surface area contributed by atoms with Gasteiger partial charge in [-0.25, -0.2) is 0 Å². The Morgan fingerprint density at radius 2 is 0.806 bits per heavy atom. The van der Waals surface area contributed by atoms with Gasteiger partial charge in [0.15, 0.2) is 18.9 Å². The molecule has 3 fully saturated rings. The van der Waals surface area contributed by atoms with Gasteiger partial charge in [0.1, 0.15) is 78.8 Å². The van der Waals surface area contributed by atoms with Gasteiger partial charge >= 0.3 is 35.8 Å². The van der Waals surface area contributed by atoms with E-state index in [-0.39, 0.29) is 11.8 Å². The smallest absolute Gasteiger partial charge is 0.394 e. The Kier molecular flexibility index (Phi) is 20.2. The molecule has 3 heterocycles. The second-order valence-corrected chi connectivity index (χ2v) is 16.7. The van der Waals surface area contributed by atoms with E-state index in [1.807, 2.05) is 0 Å². The summed E-state index contributed by atoms with van der Waals surface area (Å²) in [7, 11) is 0. The second kappa shape index (κ2) is 22.7. The molecule has 0 bridgehead atoms. The molecule has 34 heteroatoms. The van der Waals surface area contributed by atoms with Crippen LogP contribution in [0.15, 0.2) is 0 Å². The minimum Gasteiger partial charge on any atom is -0.394 e. The van der Waals surface area contributed by atoms with Gasteiger partial charge in [0.05, 0.1) is 39.6 Å². The van der Waals surface area contributed by atoms with Crippen molar-refractivity contribution in [1.29, 1.82) is 0 Å². The minimum absolute atomic E-state index is 0.0161. The molecule has 396 valence electrons. The highest BCUT2D eigenvalue weighted by Gasteiger charge is 2.90. The first-order valence-electron chi connectivity index (χ1n) is 19.2. The summed E-state index contributed by atoms with van der Waals surface area (Å²) >= 11 is -0.0161. The number of aliphatic hydroxyl groups excluding tert-OH is 12. The standard InChI is InChI=1S/C33H48F13NO19S/c34-28(35,29(36,37)30(38,39)31(40,41)32(42,43)33(44,45)46)2-4-67-3-1-14(51)47-27(8-61-24-21(58)18(55)15(52)11(5-48)64-24,9-62-25-22(59)19(56)16(53)12(6-49)65-25)10-63-26-23(60)20(57)17(54)13(7-50)66-26/h11-13,15-26,48-50,52-60H,1-10H2,(H,47,51)/t11-,12-,13-,15-,16-,17-,18+,19+,20+,21-,22-,23-,24-,25-,26-/m1/s1. The average molecular weight is 1040 g/mol. The summed E-state index contributed by atoms with van der Waals surface area (Å²) < 4.78 is 208. The maximum Gasteiger partial charge on any atom is 0.460 e. The molecule has 0 radical (unpaired) electrons. The van der Waals surface area contributed by atoms with Crippen LogP contribution in [0.1, 0.15) is 12.8 Å². The molecule has 0 aromatic heterocycles. The monoisotopic (exact) mass is 1040 g/mol. The van der Waals surface area contributed by atoms with Crippen LogP contribution >= 0.6 is 11.8 Å². The number of rotatable bonds is 23. The van der Waals surface area contributed by atoms with Gasteiger partial charge in [-0.1, -0.05) is 0 Å². The Morgan fingerprint density at radius 3 is 1.12 bits per heavy atom. The van der Waals surface area contributed by atoms with Crippen LogP contribution in [0, 0.1) is 0 Å². The van der Waals surface area contributed by atoms with E-state index in [0.29, 0.717) is 0 Å². The van der Waals surface area contributed by atoms with Gasteiger partial charge in [-0.05, 0) is 5.75 Å². The number of aliphatic hydroxyl groups is 12. The number of halogens is 13. The largest absolute Gasteiger partial charge is 0.460 e. The molecule has 0 aromatic carbocycles. The molecule has 0 spiro atoms. The summed E-state index contributed by atoms with van der Waals surface area (Å²) in [6.07, 6.45) is -41.1. The molecule has 13 N–H and O–H groups in total. The van der Waals surface area contributed by atoms with E-state index in [0.717, 1.165) is 0 Å². The Hall–Kier alpha value is -1.81. The second-order valence-electron chi connectivity index (χ2n) is 15.5. The summed E-state index contributed by atoms with van der Waals surface area (Å²) in [4.78, 5) is 13.5. The molecule has 20 nitrogen and oxygen atoms in total. The highest BCUT2D eigenvalue weighted by Crippen LogP contribution is 2.60. The van der Waals surface area contributed by atoms with Crippen LogP contribution in [0.3, 0.4) is 0 Å². The fourth-order valence-corrected chi connectivity index (χ4v) is 7.29. The maximum atomic E-state index is 14.4. The molecule has 0 aliphatic carbocycles. The molecule has 67 heavy (non-hydrogen) atoms. The Balaban J connectivity index is 1.91. The van der Waals surface area contributed by atoms with Gasteiger partial charge in [0, 0.05) is 18.6 Å². The third-order valence-corrected chi connectivity index (χ3v) is 11.5. The normalized spacial score (nSPS) is 34.3. The molecular weight excluding hydrogens is 993 g/mol. The van der Waals surface area contributed by atoms with E-state index in [1.165, 1.54) is 0 Å². The molecule has 0 saturated carbocycles. The predicted molar refractivity (Wildman–Crippen MR) is 187 cm³/mol. The average Bonchev–Trinajstić information content (AvgIpc) is 3.25. The number of amides is 1. The van der Waals surface area contributed by atoms with Crippen LogP contribution in [0.4, 0.5) is 57.1 Å². The summed E-state index contributed by atoms with van der Waals surface area (Å²) in [5.74, 6) is -41.8. The summed E-state index contributed by atoms with van der Waals surface area (Å²) in [6, 6.07) is 0. The van der Waals surface area contributed by atoms with Crippen LogP contribution in [-0.2, 0) is 33.2 Å². The van der Waals surface area contributed by atoms with Gasteiger partial charge in [-0.2, -0.15) is 68.8 Å². The van der Waals surface area contributed by atoms with Crippen molar-refractivity contribution < 1.29 is 152 Å². The number of hydrogen-bond donors (Lipinski definition) is 13. The predicted octanol–water partition coefficient (Wildman–Crippen LogP) is -3.46. The number of alkyl halides is 13. The molecule has 0 aromatic rings. The molecule has 3 aliphatic rings. The van der Waals surface area contributed by atoms with Crippen LogP contribution in [0.2, 0.25) is 0 Å². The fourth-order valence-electron chi connectivity index (χ4n) is 6.36. The van der Waals surface area contributed by atoms with Crippen molar-refractivity contribution in [3.05, 3.63) is 0 Å². The quantitative estimate of drug-likeness (QED) is 0.0350. The van der Waals surface area contributed by atoms with Crippen LogP contribution in [-0.4, -0.2) is 252 Å². The first kappa shape index (κ1) is 59.5. The van der Waals surface area contributed by atoms with E-state index < -0.39 is 203 Å². The lowest BCUT2D eigenvalue weighted by Gasteiger charge is -2.44. The van der Waals surface area contributed by atoms with Crippen LogP contribution in [0.25, 0.3) is 0 Å². The van der Waals surface area contributed by atoms with Crippen molar-refractivity contribution in [3.8, 4) is 0 Å². The molecule has 3 rings (SSSR count). The number of carbonyl (C=O) groups is 1. The van der Waals surface area contributed by atoms with Gasteiger partial charge < -0.3 is 95.0 Å². The van der Waals surface area contributed by atoms with E-state index in [9.17, 15) is 123 Å². The number of carbonyl (C=O) groups excluding carboxylic acids is 1. The number of hydrogen-bond acceptors (Lipinski definition) is 20. The van der Waals surface area contributed by atoms with Crippen molar-refractivity contribution >= 4 is 17.7 Å². The lowest BCUT2D eigenvalue weighted by atomic mass is 9.93. The highest BCUT2D eigenvalue weighted by molar-refractivity contribution is 7.99. The van der Waals surface area contributed by atoms with Crippen LogP contribution in [0.5, 0.6) is 0 Å². The fraction of sp³-hybridized carbons (Fsp3) is 0.970. The van der Waals surface area contributed by atoms with Crippen molar-refractivity contribution in [1.82, 2.24) is 5.32 Å². The Bertz CT molecular complexity index is 1480. The maximum absolute atomic E-state index is 14.4. The Morgan fingerprint density at radius 1 is 0.478 bits per heavy atom.